The summed E-state index contributed by atoms with van der Waals surface area (Å²) >= 11 is 0. The van der Waals surface area contributed by atoms with Gasteiger partial charge >= 0.3 is 12.3 Å². The van der Waals surface area contributed by atoms with Crippen molar-refractivity contribution >= 4 is 33.9 Å². The lowest BCUT2D eigenvalue weighted by Gasteiger charge is -2.18. The average molecular weight is 523 g/mol. The zero-order chi connectivity index (χ0) is 27.3. The molecule has 6 nitrogen and oxygen atoms in total. The van der Waals surface area contributed by atoms with Gasteiger partial charge in [-0.3, -0.25) is 0 Å². The van der Waals surface area contributed by atoms with Gasteiger partial charge in [-0.25, -0.2) is 9.59 Å². The molecule has 0 fully saturated rings. The summed E-state index contributed by atoms with van der Waals surface area (Å²) in [6.45, 7) is 9.11. The van der Waals surface area contributed by atoms with Crippen LogP contribution in [0.2, 0.25) is 0 Å². The van der Waals surface area contributed by atoms with Crippen LogP contribution < -0.4 is 9.47 Å². The van der Waals surface area contributed by atoms with Crippen molar-refractivity contribution in [3.63, 3.8) is 0 Å². The standard InChI is InChI=1S/C32H42O6/c1-5-9-11-15-19-35-31(33)37-29-25-17-13-14-18-26(25)30(38-32(34)36-20-16-12-10-6-2)28-22-24(8-4)23(7-3)21-27(28)29/h13-14,17-18,21-22H,5-12,15-16,19-20H2,1-4H3. The van der Waals surface area contributed by atoms with Gasteiger partial charge in [0.15, 0.2) is 0 Å². The van der Waals surface area contributed by atoms with Crippen LogP contribution in [0.15, 0.2) is 36.4 Å². The van der Waals surface area contributed by atoms with Gasteiger partial charge in [0.2, 0.25) is 0 Å². The first-order chi connectivity index (χ1) is 18.5. The Hall–Kier alpha value is -3.28. The van der Waals surface area contributed by atoms with Gasteiger partial charge in [0.1, 0.15) is 11.5 Å². The molecular weight excluding hydrogens is 480 g/mol. The van der Waals surface area contributed by atoms with Gasteiger partial charge < -0.3 is 18.9 Å². The topological polar surface area (TPSA) is 71.1 Å². The number of carbonyl (C=O) groups is 2. The minimum atomic E-state index is -0.731. The fraction of sp³-hybridized carbons (Fsp3) is 0.500. The molecule has 0 aromatic heterocycles. The van der Waals surface area contributed by atoms with Crippen molar-refractivity contribution in [3.05, 3.63) is 47.5 Å². The highest BCUT2D eigenvalue weighted by Gasteiger charge is 2.22. The van der Waals surface area contributed by atoms with Crippen LogP contribution in [0.25, 0.3) is 21.5 Å². The van der Waals surface area contributed by atoms with E-state index in [1.54, 1.807) is 0 Å². The molecule has 0 saturated carbocycles. The molecule has 38 heavy (non-hydrogen) atoms. The molecule has 0 heterocycles. The van der Waals surface area contributed by atoms with Crippen LogP contribution >= 0.6 is 0 Å². The Morgan fingerprint density at radius 3 is 1.37 bits per heavy atom. The number of hydrogen-bond donors (Lipinski definition) is 0. The van der Waals surface area contributed by atoms with E-state index in [1.165, 1.54) is 0 Å². The summed E-state index contributed by atoms with van der Waals surface area (Å²) in [6, 6.07) is 11.5. The van der Waals surface area contributed by atoms with E-state index in [4.69, 9.17) is 18.9 Å². The lowest BCUT2D eigenvalue weighted by atomic mass is 9.94. The third kappa shape index (κ3) is 7.62. The Kier molecular flexibility index (Phi) is 11.7. The Labute approximate surface area is 226 Å². The number of carbonyl (C=O) groups excluding carboxylic acids is 2. The van der Waals surface area contributed by atoms with Gasteiger partial charge in [0.25, 0.3) is 0 Å². The molecule has 0 unspecified atom stereocenters. The first-order valence-corrected chi connectivity index (χ1v) is 14.2. The zero-order valence-corrected chi connectivity index (χ0v) is 23.4. The number of hydrogen-bond acceptors (Lipinski definition) is 6. The second-order valence-electron chi connectivity index (χ2n) is 9.60. The van der Waals surface area contributed by atoms with Crippen LogP contribution in [-0.2, 0) is 22.3 Å². The molecule has 0 spiro atoms. The number of fused-ring (bicyclic) bond motifs is 2. The van der Waals surface area contributed by atoms with E-state index in [9.17, 15) is 9.59 Å². The maximum absolute atomic E-state index is 12.7. The van der Waals surface area contributed by atoms with Crippen LogP contribution in [0.1, 0.15) is 90.2 Å². The number of rotatable bonds is 14. The Morgan fingerprint density at radius 1 is 0.579 bits per heavy atom. The molecule has 0 N–H and O–H groups in total. The zero-order valence-electron chi connectivity index (χ0n) is 23.4. The maximum atomic E-state index is 12.7. The van der Waals surface area contributed by atoms with E-state index >= 15 is 0 Å². The van der Waals surface area contributed by atoms with Crippen LogP contribution in [0.5, 0.6) is 11.5 Å². The SMILES string of the molecule is CCCCCCOC(=O)Oc1c2ccccc2c(OC(=O)OCCCCCC)c2cc(CC)c(CC)cc12. The van der Waals surface area contributed by atoms with Gasteiger partial charge in [-0.05, 0) is 48.9 Å². The van der Waals surface area contributed by atoms with Crippen LogP contribution in [0, 0.1) is 0 Å². The van der Waals surface area contributed by atoms with Gasteiger partial charge in [-0.2, -0.15) is 0 Å². The summed E-state index contributed by atoms with van der Waals surface area (Å²) in [7, 11) is 0. The number of benzene rings is 3. The molecule has 0 aliphatic heterocycles. The molecule has 0 bridgehead atoms. The monoisotopic (exact) mass is 522 g/mol. The Balaban J connectivity index is 2.00. The van der Waals surface area contributed by atoms with E-state index in [0.29, 0.717) is 46.3 Å². The first-order valence-electron chi connectivity index (χ1n) is 14.2. The molecule has 206 valence electrons. The summed E-state index contributed by atoms with van der Waals surface area (Å²) in [4.78, 5) is 25.4. The molecular formula is C32H42O6. The highest BCUT2D eigenvalue weighted by Crippen LogP contribution is 2.44. The average Bonchev–Trinajstić information content (AvgIpc) is 2.93. The largest absolute Gasteiger partial charge is 0.513 e. The lowest BCUT2D eigenvalue weighted by molar-refractivity contribution is 0.0965. The molecule has 0 saturated heterocycles. The third-order valence-corrected chi connectivity index (χ3v) is 6.81. The third-order valence-electron chi connectivity index (χ3n) is 6.81. The summed E-state index contributed by atoms with van der Waals surface area (Å²) < 4.78 is 22.5. The highest BCUT2D eigenvalue weighted by atomic mass is 16.7. The summed E-state index contributed by atoms with van der Waals surface area (Å²) in [5.41, 5.74) is 2.30. The van der Waals surface area contributed by atoms with Crippen LogP contribution in [0.3, 0.4) is 0 Å². The summed E-state index contributed by atoms with van der Waals surface area (Å²) in [6.07, 6.45) is 8.25. The summed E-state index contributed by atoms with van der Waals surface area (Å²) in [5.74, 6) is 0.818. The molecule has 0 atom stereocenters. The first kappa shape index (κ1) is 29.3. The van der Waals surface area contributed by atoms with Crippen molar-refractivity contribution in [1.29, 1.82) is 0 Å². The fourth-order valence-corrected chi connectivity index (χ4v) is 4.71. The van der Waals surface area contributed by atoms with E-state index in [0.717, 1.165) is 75.3 Å². The molecule has 0 amide bonds. The van der Waals surface area contributed by atoms with E-state index < -0.39 is 12.3 Å². The predicted octanol–water partition coefficient (Wildman–Crippen LogP) is 9.31. The highest BCUT2D eigenvalue weighted by molar-refractivity contribution is 6.12. The van der Waals surface area contributed by atoms with Gasteiger partial charge in [-0.15, -0.1) is 0 Å². The van der Waals surface area contributed by atoms with Gasteiger partial charge in [0.05, 0.1) is 13.2 Å². The van der Waals surface area contributed by atoms with Crippen LogP contribution in [0.4, 0.5) is 9.59 Å². The fourth-order valence-electron chi connectivity index (χ4n) is 4.71. The van der Waals surface area contributed by atoms with Crippen molar-refractivity contribution < 1.29 is 28.5 Å². The molecule has 0 aliphatic rings. The van der Waals surface area contributed by atoms with Crippen molar-refractivity contribution in [2.45, 2.75) is 91.9 Å². The molecule has 3 aromatic rings. The van der Waals surface area contributed by atoms with Crippen molar-refractivity contribution in [1.82, 2.24) is 0 Å². The normalized spacial score (nSPS) is 11.1. The van der Waals surface area contributed by atoms with Crippen LogP contribution in [-0.4, -0.2) is 25.5 Å². The maximum Gasteiger partial charge on any atom is 0.513 e. The minimum Gasteiger partial charge on any atom is -0.434 e. The Bertz CT molecular complexity index is 1120. The van der Waals surface area contributed by atoms with Gasteiger partial charge in [0, 0.05) is 21.5 Å². The van der Waals surface area contributed by atoms with E-state index in [1.807, 2.05) is 36.4 Å². The molecule has 6 heteroatoms. The molecule has 3 rings (SSSR count). The Morgan fingerprint density at radius 2 is 1.00 bits per heavy atom. The van der Waals surface area contributed by atoms with Crippen molar-refractivity contribution in [2.24, 2.45) is 0 Å². The number of unbranched alkanes of at least 4 members (excludes halogenated alkanes) is 6. The van der Waals surface area contributed by atoms with E-state index in [-0.39, 0.29) is 0 Å². The second kappa shape index (κ2) is 15.2. The predicted molar refractivity (Wildman–Crippen MR) is 152 cm³/mol. The number of ether oxygens (including phenoxy) is 4. The number of aryl methyl sites for hydroxylation is 2. The molecule has 3 aromatic carbocycles. The lowest BCUT2D eigenvalue weighted by Crippen LogP contribution is -2.14. The smallest absolute Gasteiger partial charge is 0.434 e. The van der Waals surface area contributed by atoms with Gasteiger partial charge in [-0.1, -0.05) is 90.5 Å². The van der Waals surface area contributed by atoms with Crippen molar-refractivity contribution in [2.75, 3.05) is 13.2 Å². The quantitative estimate of drug-likeness (QED) is 0.0909. The summed E-state index contributed by atoms with van der Waals surface area (Å²) in [5, 5.41) is 2.73. The molecule has 0 radical (unpaired) electrons. The minimum absolute atomic E-state index is 0.320. The second-order valence-corrected chi connectivity index (χ2v) is 9.60. The van der Waals surface area contributed by atoms with E-state index in [2.05, 4.69) is 27.7 Å². The molecule has 0 aliphatic carbocycles. The van der Waals surface area contributed by atoms with Crippen molar-refractivity contribution in [3.8, 4) is 11.5 Å².